The first-order valence-corrected chi connectivity index (χ1v) is 12.4. The Morgan fingerprint density at radius 1 is 0.529 bits per heavy atom. The Labute approximate surface area is 215 Å². The van der Waals surface area contributed by atoms with Crippen LogP contribution in [0.2, 0.25) is 0 Å². The van der Waals surface area contributed by atoms with Crippen molar-refractivity contribution in [2.45, 2.75) is 0 Å². The molecule has 0 radical (unpaired) electrons. The number of imidazole rings is 2. The fourth-order valence-electron chi connectivity index (χ4n) is 4.04. The second-order valence-corrected chi connectivity index (χ2v) is 9.82. The molecule has 2 aromatic heterocycles. The summed E-state index contributed by atoms with van der Waals surface area (Å²) < 4.78 is 6.36. The molecule has 4 nitrogen and oxygen atoms in total. The van der Waals surface area contributed by atoms with Gasteiger partial charge in [-0.15, -0.1) is 0 Å². The van der Waals surface area contributed by atoms with Crippen LogP contribution in [0.4, 0.5) is 0 Å². The molecular weight excluding hydrogens is 552 g/mol. The van der Waals surface area contributed by atoms with E-state index in [1.807, 2.05) is 74.8 Å². The van der Waals surface area contributed by atoms with Crippen molar-refractivity contribution in [3.63, 3.8) is 0 Å². The molecule has 4 aromatic carbocycles. The molecule has 6 heteroatoms. The van der Waals surface area contributed by atoms with Gasteiger partial charge in [-0.1, -0.05) is 92.5 Å². The zero-order valence-corrected chi connectivity index (χ0v) is 22.0. The molecule has 0 N–H and O–H groups in total. The number of aromatic nitrogens is 4. The van der Waals surface area contributed by atoms with E-state index in [1.54, 1.807) is 0 Å². The number of nitrogens with zero attached hydrogens (tertiary/aromatic N) is 4. The standard InChI is InChI=1S/2C14H11BrN2/c2*1-17-13-8-7-11(15)9-12(13)16-14(17)10-5-3-2-4-6-10/h2*2-9H,1H3. The van der Waals surface area contributed by atoms with E-state index in [9.17, 15) is 0 Å². The zero-order valence-electron chi connectivity index (χ0n) is 18.8. The predicted octanol–water partition coefficient (Wildman–Crippen LogP) is 8.01. The van der Waals surface area contributed by atoms with Gasteiger partial charge in [0.25, 0.3) is 0 Å². The number of aryl methyl sites for hydroxylation is 2. The minimum Gasteiger partial charge on any atom is -0.327 e. The Bertz CT molecular complexity index is 1460. The molecule has 0 saturated heterocycles. The van der Waals surface area contributed by atoms with Crippen LogP contribution >= 0.6 is 31.9 Å². The summed E-state index contributed by atoms with van der Waals surface area (Å²) in [5, 5.41) is 0. The lowest BCUT2D eigenvalue weighted by atomic mass is 10.2. The highest BCUT2D eigenvalue weighted by Crippen LogP contribution is 2.26. The third kappa shape index (κ3) is 4.43. The molecule has 0 saturated carbocycles. The van der Waals surface area contributed by atoms with Gasteiger partial charge >= 0.3 is 0 Å². The van der Waals surface area contributed by atoms with E-state index in [-0.39, 0.29) is 0 Å². The molecule has 0 aliphatic carbocycles. The van der Waals surface area contributed by atoms with Gasteiger partial charge in [0, 0.05) is 34.2 Å². The molecule has 0 fully saturated rings. The summed E-state index contributed by atoms with van der Waals surface area (Å²) in [5.74, 6) is 2.00. The van der Waals surface area contributed by atoms with Crippen molar-refractivity contribution >= 4 is 53.9 Å². The Morgan fingerprint density at radius 2 is 0.912 bits per heavy atom. The van der Waals surface area contributed by atoms with Gasteiger partial charge in [0.1, 0.15) is 11.6 Å². The van der Waals surface area contributed by atoms with Crippen LogP contribution < -0.4 is 0 Å². The molecule has 0 unspecified atom stereocenters. The Kier molecular flexibility index (Phi) is 6.35. The average molecular weight is 574 g/mol. The van der Waals surface area contributed by atoms with Crippen LogP contribution in [0.25, 0.3) is 44.8 Å². The molecule has 0 spiro atoms. The fourth-order valence-corrected chi connectivity index (χ4v) is 4.73. The molecule has 0 amide bonds. The van der Waals surface area contributed by atoms with E-state index in [0.29, 0.717) is 0 Å². The summed E-state index contributed by atoms with van der Waals surface area (Å²) in [6, 6.07) is 32.8. The highest BCUT2D eigenvalue weighted by atomic mass is 79.9. The predicted molar refractivity (Wildman–Crippen MR) is 148 cm³/mol. The SMILES string of the molecule is Cn1c(-c2ccccc2)nc2cc(Br)ccc21.Cn1c(-c2ccccc2)nc2cc(Br)ccc21. The Morgan fingerprint density at radius 3 is 1.29 bits per heavy atom. The number of halogens is 2. The van der Waals surface area contributed by atoms with Gasteiger partial charge in [-0.05, 0) is 36.4 Å². The molecule has 0 aliphatic heterocycles. The minimum absolute atomic E-state index is 0.999. The number of hydrogen-bond donors (Lipinski definition) is 0. The van der Waals surface area contributed by atoms with Gasteiger partial charge in [-0.2, -0.15) is 0 Å². The third-order valence-electron chi connectivity index (χ3n) is 5.75. The monoisotopic (exact) mass is 572 g/mol. The number of hydrogen-bond acceptors (Lipinski definition) is 2. The summed E-state index contributed by atoms with van der Waals surface area (Å²) in [7, 11) is 4.09. The molecule has 2 heterocycles. The normalized spacial score (nSPS) is 10.9. The van der Waals surface area contributed by atoms with Crippen molar-refractivity contribution in [2.75, 3.05) is 0 Å². The van der Waals surface area contributed by atoms with Gasteiger partial charge in [-0.3, -0.25) is 0 Å². The van der Waals surface area contributed by atoms with Crippen molar-refractivity contribution in [1.29, 1.82) is 0 Å². The average Bonchev–Trinajstić information content (AvgIpc) is 3.36. The topological polar surface area (TPSA) is 35.6 Å². The van der Waals surface area contributed by atoms with Crippen LogP contribution in [-0.4, -0.2) is 19.1 Å². The fraction of sp³-hybridized carbons (Fsp3) is 0.0714. The summed E-state index contributed by atoms with van der Waals surface area (Å²) in [5.41, 5.74) is 6.60. The molecule has 0 atom stereocenters. The van der Waals surface area contributed by atoms with E-state index in [2.05, 4.69) is 87.4 Å². The first-order chi connectivity index (χ1) is 16.5. The first kappa shape index (κ1) is 22.6. The number of benzene rings is 4. The summed E-state index contributed by atoms with van der Waals surface area (Å²) in [4.78, 5) is 9.35. The van der Waals surface area contributed by atoms with Gasteiger partial charge in [-0.25, -0.2) is 9.97 Å². The quantitative estimate of drug-likeness (QED) is 0.210. The van der Waals surface area contributed by atoms with E-state index in [1.165, 1.54) is 0 Å². The minimum atomic E-state index is 0.999. The van der Waals surface area contributed by atoms with E-state index >= 15 is 0 Å². The molecule has 168 valence electrons. The van der Waals surface area contributed by atoms with Crippen LogP contribution in [0.1, 0.15) is 0 Å². The lowest BCUT2D eigenvalue weighted by Crippen LogP contribution is -1.91. The van der Waals surface area contributed by atoms with E-state index in [0.717, 1.165) is 53.8 Å². The van der Waals surface area contributed by atoms with Crippen molar-refractivity contribution in [1.82, 2.24) is 19.1 Å². The number of rotatable bonds is 2. The van der Waals surface area contributed by atoms with Crippen molar-refractivity contribution in [3.8, 4) is 22.8 Å². The second-order valence-electron chi connectivity index (χ2n) is 7.99. The van der Waals surface area contributed by atoms with Crippen LogP contribution in [0, 0.1) is 0 Å². The maximum absolute atomic E-state index is 4.68. The van der Waals surface area contributed by atoms with Gasteiger partial charge in [0.05, 0.1) is 22.1 Å². The Balaban J connectivity index is 0.000000142. The molecule has 0 bridgehead atoms. The smallest absolute Gasteiger partial charge is 0.140 e. The third-order valence-corrected chi connectivity index (χ3v) is 6.74. The van der Waals surface area contributed by atoms with E-state index < -0.39 is 0 Å². The molecular formula is C28H22Br2N4. The molecule has 0 aliphatic rings. The van der Waals surface area contributed by atoms with Gasteiger partial charge in [0.15, 0.2) is 0 Å². The van der Waals surface area contributed by atoms with Gasteiger partial charge < -0.3 is 9.13 Å². The van der Waals surface area contributed by atoms with Crippen molar-refractivity contribution in [2.24, 2.45) is 14.1 Å². The maximum Gasteiger partial charge on any atom is 0.140 e. The van der Waals surface area contributed by atoms with Crippen molar-refractivity contribution in [3.05, 3.63) is 106 Å². The summed E-state index contributed by atoms with van der Waals surface area (Å²) in [6.07, 6.45) is 0. The summed E-state index contributed by atoms with van der Waals surface area (Å²) in [6.45, 7) is 0. The Hall–Kier alpha value is -3.22. The number of fused-ring (bicyclic) bond motifs is 2. The van der Waals surface area contributed by atoms with Crippen LogP contribution in [0.15, 0.2) is 106 Å². The van der Waals surface area contributed by atoms with Gasteiger partial charge in [0.2, 0.25) is 0 Å². The first-order valence-electron chi connectivity index (χ1n) is 10.9. The highest BCUT2D eigenvalue weighted by molar-refractivity contribution is 9.10. The van der Waals surface area contributed by atoms with Crippen LogP contribution in [0.3, 0.4) is 0 Å². The van der Waals surface area contributed by atoms with Crippen LogP contribution in [-0.2, 0) is 14.1 Å². The summed E-state index contributed by atoms with van der Waals surface area (Å²) >= 11 is 6.95. The zero-order chi connectivity index (χ0) is 23.7. The molecule has 34 heavy (non-hydrogen) atoms. The van der Waals surface area contributed by atoms with Crippen LogP contribution in [0.5, 0.6) is 0 Å². The largest absolute Gasteiger partial charge is 0.327 e. The highest BCUT2D eigenvalue weighted by Gasteiger charge is 2.10. The lowest BCUT2D eigenvalue weighted by Gasteiger charge is -2.01. The molecule has 6 rings (SSSR count). The van der Waals surface area contributed by atoms with Crippen molar-refractivity contribution < 1.29 is 0 Å². The second kappa shape index (κ2) is 9.57. The van der Waals surface area contributed by atoms with E-state index in [4.69, 9.17) is 0 Å². The molecule has 6 aromatic rings. The maximum atomic E-state index is 4.68. The lowest BCUT2D eigenvalue weighted by molar-refractivity contribution is 0.959.